The first-order valence-corrected chi connectivity index (χ1v) is 9.33. The first kappa shape index (κ1) is 19.4. The molecule has 2 aromatic carbocycles. The van der Waals surface area contributed by atoms with E-state index in [-0.39, 0.29) is 18.1 Å². The molecule has 1 N–H and O–H groups in total. The molecule has 8 heteroatoms. The van der Waals surface area contributed by atoms with Crippen molar-refractivity contribution >= 4 is 34.4 Å². The normalized spacial score (nSPS) is 12.9. The maximum Gasteiger partial charge on any atom is 0.336 e. The summed E-state index contributed by atoms with van der Waals surface area (Å²) in [5, 5.41) is 3.45. The first-order chi connectivity index (χ1) is 14.4. The highest BCUT2D eigenvalue weighted by atomic mass is 16.5. The minimum Gasteiger partial charge on any atom is -0.484 e. The van der Waals surface area contributed by atoms with Crippen LogP contribution in [0.15, 0.2) is 51.7 Å². The fourth-order valence-electron chi connectivity index (χ4n) is 3.38. The molecule has 0 spiro atoms. The highest BCUT2D eigenvalue weighted by Crippen LogP contribution is 2.25. The largest absolute Gasteiger partial charge is 0.484 e. The van der Waals surface area contributed by atoms with Crippen molar-refractivity contribution in [1.29, 1.82) is 0 Å². The van der Waals surface area contributed by atoms with Crippen molar-refractivity contribution in [3.8, 4) is 5.75 Å². The molecular formula is C22H18N2O6. The fourth-order valence-corrected chi connectivity index (χ4v) is 3.38. The molecule has 0 atom stereocenters. The molecule has 0 saturated carbocycles. The molecule has 0 radical (unpaired) electrons. The van der Waals surface area contributed by atoms with Gasteiger partial charge in [-0.3, -0.25) is 19.3 Å². The average Bonchev–Trinajstić information content (AvgIpc) is 2.95. The van der Waals surface area contributed by atoms with E-state index in [1.807, 2.05) is 6.92 Å². The number of rotatable bonds is 5. The summed E-state index contributed by atoms with van der Waals surface area (Å²) >= 11 is 0. The Bertz CT molecular complexity index is 1260. The third kappa shape index (κ3) is 3.43. The van der Waals surface area contributed by atoms with E-state index in [0.717, 1.165) is 15.8 Å². The lowest BCUT2D eigenvalue weighted by molar-refractivity contribution is -0.118. The van der Waals surface area contributed by atoms with Crippen LogP contribution in [0, 0.1) is 0 Å². The molecule has 152 valence electrons. The van der Waals surface area contributed by atoms with Gasteiger partial charge in [-0.1, -0.05) is 6.92 Å². The van der Waals surface area contributed by atoms with Crippen LogP contribution in [-0.4, -0.2) is 36.3 Å². The lowest BCUT2D eigenvalue weighted by Crippen LogP contribution is -2.24. The lowest BCUT2D eigenvalue weighted by atomic mass is 10.1. The van der Waals surface area contributed by atoms with Crippen molar-refractivity contribution in [3.05, 3.63) is 69.6 Å². The minimum absolute atomic E-state index is 0.248. The average molecular weight is 406 g/mol. The highest BCUT2D eigenvalue weighted by molar-refractivity contribution is 6.21. The van der Waals surface area contributed by atoms with Crippen LogP contribution < -0.4 is 15.7 Å². The standard InChI is InChI=1S/C22H18N2O6/c1-3-12-8-20(26)30-18-10-14(5-7-15(12)18)29-11-19(25)23-13-4-6-16-17(9-13)22(28)24(2)21(16)27/h4-10H,3,11H2,1-2H3,(H,23,25). The Morgan fingerprint density at radius 2 is 1.80 bits per heavy atom. The maximum absolute atomic E-state index is 12.2. The Hall–Kier alpha value is -3.94. The van der Waals surface area contributed by atoms with Gasteiger partial charge in [0.2, 0.25) is 0 Å². The number of anilines is 1. The number of amides is 3. The second-order valence-electron chi connectivity index (χ2n) is 6.87. The molecule has 0 bridgehead atoms. The van der Waals surface area contributed by atoms with Gasteiger partial charge in [0.25, 0.3) is 17.7 Å². The molecule has 2 heterocycles. The Balaban J connectivity index is 1.45. The van der Waals surface area contributed by atoms with E-state index in [4.69, 9.17) is 9.15 Å². The van der Waals surface area contributed by atoms with E-state index >= 15 is 0 Å². The highest BCUT2D eigenvalue weighted by Gasteiger charge is 2.32. The minimum atomic E-state index is -0.441. The molecule has 1 aliphatic rings. The van der Waals surface area contributed by atoms with Crippen molar-refractivity contribution in [3.63, 3.8) is 0 Å². The third-order valence-electron chi connectivity index (χ3n) is 4.93. The maximum atomic E-state index is 12.2. The van der Waals surface area contributed by atoms with Gasteiger partial charge in [0.1, 0.15) is 11.3 Å². The predicted octanol–water partition coefficient (Wildman–Crippen LogP) is 2.60. The second-order valence-corrected chi connectivity index (χ2v) is 6.87. The summed E-state index contributed by atoms with van der Waals surface area (Å²) < 4.78 is 10.7. The van der Waals surface area contributed by atoms with Gasteiger partial charge >= 0.3 is 5.63 Å². The molecule has 3 aromatic rings. The van der Waals surface area contributed by atoms with Crippen LogP contribution >= 0.6 is 0 Å². The molecule has 8 nitrogen and oxygen atoms in total. The van der Waals surface area contributed by atoms with Gasteiger partial charge in [0, 0.05) is 30.3 Å². The monoisotopic (exact) mass is 406 g/mol. The van der Waals surface area contributed by atoms with E-state index in [1.54, 1.807) is 24.3 Å². The van der Waals surface area contributed by atoms with Crippen molar-refractivity contribution in [2.75, 3.05) is 19.0 Å². The van der Waals surface area contributed by atoms with Crippen LogP contribution in [0.3, 0.4) is 0 Å². The first-order valence-electron chi connectivity index (χ1n) is 9.33. The number of ether oxygens (including phenoxy) is 1. The molecule has 1 aliphatic heterocycles. The molecular weight excluding hydrogens is 388 g/mol. The zero-order valence-electron chi connectivity index (χ0n) is 16.4. The third-order valence-corrected chi connectivity index (χ3v) is 4.93. The molecule has 30 heavy (non-hydrogen) atoms. The second kappa shape index (κ2) is 7.47. The summed E-state index contributed by atoms with van der Waals surface area (Å²) in [5.74, 6) is -0.841. The SMILES string of the molecule is CCc1cc(=O)oc2cc(OCC(=O)Nc3ccc4c(c3)C(=O)N(C)C4=O)ccc12. The van der Waals surface area contributed by atoms with Crippen LogP contribution in [0.25, 0.3) is 11.0 Å². The zero-order chi connectivity index (χ0) is 21.4. The number of imide groups is 1. The molecule has 4 rings (SSSR count). The van der Waals surface area contributed by atoms with Gasteiger partial charge in [-0.05, 0) is 42.3 Å². The molecule has 0 unspecified atom stereocenters. The quantitative estimate of drug-likeness (QED) is 0.516. The lowest BCUT2D eigenvalue weighted by Gasteiger charge is -2.09. The zero-order valence-corrected chi connectivity index (χ0v) is 16.4. The van der Waals surface area contributed by atoms with E-state index in [1.165, 1.54) is 25.2 Å². The Morgan fingerprint density at radius 3 is 2.57 bits per heavy atom. The van der Waals surface area contributed by atoms with E-state index in [0.29, 0.717) is 29.0 Å². The van der Waals surface area contributed by atoms with Gasteiger partial charge in [0.15, 0.2) is 6.61 Å². The Kier molecular flexibility index (Phi) is 4.83. The Labute approximate surface area is 171 Å². The number of carbonyl (C=O) groups is 3. The van der Waals surface area contributed by atoms with Crippen LogP contribution in [0.1, 0.15) is 33.2 Å². The number of aryl methyl sites for hydroxylation is 1. The van der Waals surface area contributed by atoms with Crippen molar-refractivity contribution in [1.82, 2.24) is 4.90 Å². The number of hydrogen-bond donors (Lipinski definition) is 1. The molecule has 0 fully saturated rings. The molecule has 0 aliphatic carbocycles. The van der Waals surface area contributed by atoms with Crippen molar-refractivity contribution in [2.45, 2.75) is 13.3 Å². The van der Waals surface area contributed by atoms with Crippen molar-refractivity contribution in [2.24, 2.45) is 0 Å². The van der Waals surface area contributed by atoms with Crippen LogP contribution in [0.5, 0.6) is 5.75 Å². The number of nitrogens with one attached hydrogen (secondary N) is 1. The number of nitrogens with zero attached hydrogens (tertiary/aromatic N) is 1. The summed E-state index contributed by atoms with van der Waals surface area (Å²) in [4.78, 5) is 48.9. The molecule has 3 amide bonds. The summed E-state index contributed by atoms with van der Waals surface area (Å²) in [6, 6.07) is 11.0. The van der Waals surface area contributed by atoms with Crippen LogP contribution in [0.4, 0.5) is 5.69 Å². The van der Waals surface area contributed by atoms with Crippen LogP contribution in [-0.2, 0) is 11.2 Å². The topological polar surface area (TPSA) is 106 Å². The Morgan fingerprint density at radius 1 is 1.03 bits per heavy atom. The summed E-state index contributed by atoms with van der Waals surface area (Å²) in [5.41, 5.74) is 1.77. The van der Waals surface area contributed by atoms with Gasteiger partial charge in [-0.25, -0.2) is 4.79 Å². The van der Waals surface area contributed by atoms with Gasteiger partial charge in [0.05, 0.1) is 11.1 Å². The number of fused-ring (bicyclic) bond motifs is 2. The number of carbonyl (C=O) groups excluding carboxylic acids is 3. The fraction of sp³-hybridized carbons (Fsp3) is 0.182. The van der Waals surface area contributed by atoms with E-state index < -0.39 is 17.4 Å². The molecule has 0 saturated heterocycles. The van der Waals surface area contributed by atoms with Gasteiger partial charge in [-0.15, -0.1) is 0 Å². The van der Waals surface area contributed by atoms with Crippen molar-refractivity contribution < 1.29 is 23.5 Å². The number of hydrogen-bond acceptors (Lipinski definition) is 6. The van der Waals surface area contributed by atoms with E-state index in [2.05, 4.69) is 5.32 Å². The summed E-state index contributed by atoms with van der Waals surface area (Å²) in [6.07, 6.45) is 0.690. The smallest absolute Gasteiger partial charge is 0.336 e. The summed E-state index contributed by atoms with van der Waals surface area (Å²) in [6.45, 7) is 1.66. The predicted molar refractivity (Wildman–Crippen MR) is 109 cm³/mol. The van der Waals surface area contributed by atoms with E-state index in [9.17, 15) is 19.2 Å². The molecule has 1 aromatic heterocycles. The number of benzene rings is 2. The van der Waals surface area contributed by atoms with Crippen LogP contribution in [0.2, 0.25) is 0 Å². The van der Waals surface area contributed by atoms with Gasteiger partial charge < -0.3 is 14.5 Å². The van der Waals surface area contributed by atoms with Gasteiger partial charge in [-0.2, -0.15) is 0 Å². The summed E-state index contributed by atoms with van der Waals surface area (Å²) in [7, 11) is 1.41.